The molecule has 3 N–H and O–H groups in total. The average molecular weight is 240 g/mol. The number of hydrogen-bond donors (Lipinski definition) is 2. The summed E-state index contributed by atoms with van der Waals surface area (Å²) in [5, 5.41) is 3.21. The summed E-state index contributed by atoms with van der Waals surface area (Å²) in [7, 11) is 0. The molecule has 1 rings (SSSR count). The Bertz CT molecular complexity index is 232. The van der Waals surface area contributed by atoms with Crippen molar-refractivity contribution in [3.63, 3.8) is 0 Å². The summed E-state index contributed by atoms with van der Waals surface area (Å²) in [6, 6.07) is 0. The summed E-state index contributed by atoms with van der Waals surface area (Å²) in [6.45, 7) is 12.0. The molecule has 100 valence electrons. The van der Waals surface area contributed by atoms with E-state index < -0.39 is 0 Å². The highest BCUT2D eigenvalue weighted by atomic mass is 15.1. The highest BCUT2D eigenvalue weighted by molar-refractivity contribution is 5.77. The molecule has 1 unspecified atom stereocenters. The minimum absolute atomic E-state index is 0.567. The lowest BCUT2D eigenvalue weighted by Crippen LogP contribution is -2.38. The molecule has 1 aliphatic rings. The first-order valence-corrected chi connectivity index (χ1v) is 6.84. The van der Waals surface area contributed by atoms with Gasteiger partial charge in [0.2, 0.25) is 0 Å². The molecule has 1 saturated heterocycles. The number of likely N-dealkylation sites (tertiary alicyclic amines) is 1. The van der Waals surface area contributed by atoms with E-state index in [1.54, 1.807) is 0 Å². The molecule has 0 saturated carbocycles. The van der Waals surface area contributed by atoms with Gasteiger partial charge < -0.3 is 16.0 Å². The van der Waals surface area contributed by atoms with E-state index in [-0.39, 0.29) is 0 Å². The summed E-state index contributed by atoms with van der Waals surface area (Å²) >= 11 is 0. The van der Waals surface area contributed by atoms with Crippen LogP contribution in [0.1, 0.15) is 33.6 Å². The largest absolute Gasteiger partial charge is 0.370 e. The summed E-state index contributed by atoms with van der Waals surface area (Å²) in [4.78, 5) is 6.83. The van der Waals surface area contributed by atoms with Crippen LogP contribution in [0.3, 0.4) is 0 Å². The van der Waals surface area contributed by atoms with Gasteiger partial charge in [-0.05, 0) is 37.8 Å². The van der Waals surface area contributed by atoms with Crippen LogP contribution >= 0.6 is 0 Å². The second kappa shape index (κ2) is 7.54. The zero-order valence-corrected chi connectivity index (χ0v) is 11.6. The fourth-order valence-electron chi connectivity index (χ4n) is 2.09. The van der Waals surface area contributed by atoms with E-state index in [0.717, 1.165) is 13.1 Å². The van der Waals surface area contributed by atoms with Gasteiger partial charge in [-0.25, -0.2) is 0 Å². The zero-order chi connectivity index (χ0) is 12.7. The zero-order valence-electron chi connectivity index (χ0n) is 11.6. The van der Waals surface area contributed by atoms with E-state index in [0.29, 0.717) is 17.8 Å². The third-order valence-corrected chi connectivity index (χ3v) is 3.03. The Morgan fingerprint density at radius 2 is 1.94 bits per heavy atom. The fraction of sp³-hybridized carbons (Fsp3) is 0.923. The van der Waals surface area contributed by atoms with Crippen molar-refractivity contribution < 1.29 is 0 Å². The van der Waals surface area contributed by atoms with Gasteiger partial charge in [-0.3, -0.25) is 4.99 Å². The molecule has 0 bridgehead atoms. The van der Waals surface area contributed by atoms with E-state index >= 15 is 0 Å². The first-order valence-electron chi connectivity index (χ1n) is 6.84. The number of nitrogens with one attached hydrogen (secondary N) is 1. The summed E-state index contributed by atoms with van der Waals surface area (Å²) < 4.78 is 0. The van der Waals surface area contributed by atoms with Gasteiger partial charge in [-0.15, -0.1) is 0 Å². The van der Waals surface area contributed by atoms with Crippen molar-refractivity contribution in [1.29, 1.82) is 0 Å². The SMILES string of the molecule is CC(C)CN=C(N)NCC(C)CN1CCCC1. The van der Waals surface area contributed by atoms with Crippen molar-refractivity contribution in [3.8, 4) is 0 Å². The number of rotatable bonds is 6. The van der Waals surface area contributed by atoms with E-state index in [1.165, 1.54) is 32.5 Å². The molecule has 0 amide bonds. The standard InChI is InChI=1S/C13H28N4/c1-11(2)8-15-13(14)16-9-12(3)10-17-6-4-5-7-17/h11-12H,4-10H2,1-3H3,(H3,14,15,16). The lowest BCUT2D eigenvalue weighted by molar-refractivity contribution is 0.288. The van der Waals surface area contributed by atoms with Gasteiger partial charge in [0, 0.05) is 19.6 Å². The third-order valence-electron chi connectivity index (χ3n) is 3.03. The van der Waals surface area contributed by atoms with E-state index in [9.17, 15) is 0 Å². The Hall–Kier alpha value is -0.770. The van der Waals surface area contributed by atoms with E-state index in [4.69, 9.17) is 5.73 Å². The van der Waals surface area contributed by atoms with Crippen LogP contribution in [-0.4, -0.2) is 43.6 Å². The van der Waals surface area contributed by atoms with Gasteiger partial charge in [-0.2, -0.15) is 0 Å². The second-order valence-corrected chi connectivity index (χ2v) is 5.61. The number of guanidine groups is 1. The Kier molecular flexibility index (Phi) is 6.34. The van der Waals surface area contributed by atoms with Crippen LogP contribution in [0.2, 0.25) is 0 Å². The van der Waals surface area contributed by atoms with Gasteiger partial charge in [0.05, 0.1) is 0 Å². The third kappa shape index (κ3) is 6.51. The Morgan fingerprint density at radius 1 is 1.29 bits per heavy atom. The first-order chi connectivity index (χ1) is 8.08. The van der Waals surface area contributed by atoms with Crippen LogP contribution in [0.15, 0.2) is 4.99 Å². The summed E-state index contributed by atoms with van der Waals surface area (Å²) in [5.74, 6) is 1.78. The highest BCUT2D eigenvalue weighted by Crippen LogP contribution is 2.09. The minimum Gasteiger partial charge on any atom is -0.370 e. The molecule has 1 heterocycles. The number of nitrogens with two attached hydrogens (primary N) is 1. The maximum atomic E-state index is 5.80. The monoisotopic (exact) mass is 240 g/mol. The fourth-order valence-corrected chi connectivity index (χ4v) is 2.09. The van der Waals surface area contributed by atoms with Gasteiger partial charge >= 0.3 is 0 Å². The van der Waals surface area contributed by atoms with Crippen molar-refractivity contribution >= 4 is 5.96 Å². The smallest absolute Gasteiger partial charge is 0.188 e. The van der Waals surface area contributed by atoms with Gasteiger partial charge in [0.25, 0.3) is 0 Å². The average Bonchev–Trinajstić information content (AvgIpc) is 2.76. The number of nitrogens with zero attached hydrogens (tertiary/aromatic N) is 2. The molecule has 0 aromatic carbocycles. The highest BCUT2D eigenvalue weighted by Gasteiger charge is 2.14. The Morgan fingerprint density at radius 3 is 2.53 bits per heavy atom. The van der Waals surface area contributed by atoms with Crippen molar-refractivity contribution in [2.45, 2.75) is 33.6 Å². The van der Waals surface area contributed by atoms with Crippen LogP contribution in [-0.2, 0) is 0 Å². The quantitative estimate of drug-likeness (QED) is 0.543. The first kappa shape index (κ1) is 14.3. The topological polar surface area (TPSA) is 53.6 Å². The van der Waals surface area contributed by atoms with Crippen LogP contribution in [0, 0.1) is 11.8 Å². The van der Waals surface area contributed by atoms with Crippen molar-refractivity contribution in [2.24, 2.45) is 22.6 Å². The Balaban J connectivity index is 2.13. The molecule has 1 atom stereocenters. The molecule has 0 aromatic rings. The molecular weight excluding hydrogens is 212 g/mol. The van der Waals surface area contributed by atoms with Crippen molar-refractivity contribution in [1.82, 2.24) is 10.2 Å². The Labute approximate surface area is 106 Å². The van der Waals surface area contributed by atoms with Gasteiger partial charge in [-0.1, -0.05) is 20.8 Å². The van der Waals surface area contributed by atoms with Crippen LogP contribution < -0.4 is 11.1 Å². The maximum absolute atomic E-state index is 5.80. The number of hydrogen-bond acceptors (Lipinski definition) is 2. The molecule has 0 aliphatic carbocycles. The normalized spacial score (nSPS) is 19.9. The van der Waals surface area contributed by atoms with Gasteiger partial charge in [0.15, 0.2) is 5.96 Å². The van der Waals surface area contributed by atoms with Gasteiger partial charge in [0.1, 0.15) is 0 Å². The molecule has 4 nitrogen and oxygen atoms in total. The van der Waals surface area contributed by atoms with Crippen LogP contribution in [0.5, 0.6) is 0 Å². The molecular formula is C13H28N4. The predicted molar refractivity (Wildman–Crippen MR) is 74.2 cm³/mol. The predicted octanol–water partition coefficient (Wildman–Crippen LogP) is 1.28. The van der Waals surface area contributed by atoms with Crippen molar-refractivity contribution in [2.75, 3.05) is 32.7 Å². The van der Waals surface area contributed by atoms with Crippen LogP contribution in [0.25, 0.3) is 0 Å². The minimum atomic E-state index is 0.567. The van der Waals surface area contributed by atoms with E-state index in [1.807, 2.05) is 0 Å². The number of aliphatic imine (C=N–C) groups is 1. The lowest BCUT2D eigenvalue weighted by atomic mass is 10.1. The summed E-state index contributed by atoms with van der Waals surface area (Å²) in [5.41, 5.74) is 5.80. The molecule has 1 fully saturated rings. The van der Waals surface area contributed by atoms with E-state index in [2.05, 4.69) is 36.0 Å². The molecule has 0 aromatic heterocycles. The van der Waals surface area contributed by atoms with Crippen molar-refractivity contribution in [3.05, 3.63) is 0 Å². The van der Waals surface area contributed by atoms with Crippen LogP contribution in [0.4, 0.5) is 0 Å². The maximum Gasteiger partial charge on any atom is 0.188 e. The summed E-state index contributed by atoms with van der Waals surface area (Å²) in [6.07, 6.45) is 2.72. The molecule has 0 spiro atoms. The second-order valence-electron chi connectivity index (χ2n) is 5.61. The molecule has 17 heavy (non-hydrogen) atoms. The molecule has 1 aliphatic heterocycles. The lowest BCUT2D eigenvalue weighted by Gasteiger charge is -2.20. The molecule has 0 radical (unpaired) electrons. The molecule has 4 heteroatoms.